The molecule has 2 aliphatic rings. The van der Waals surface area contributed by atoms with E-state index in [2.05, 4.69) is 11.9 Å². The first-order valence-electron chi connectivity index (χ1n) is 4.62. The van der Waals surface area contributed by atoms with Gasteiger partial charge in [0.25, 0.3) is 0 Å². The van der Waals surface area contributed by atoms with Crippen LogP contribution in [0.2, 0.25) is 0 Å². The summed E-state index contributed by atoms with van der Waals surface area (Å²) in [6.07, 6.45) is 2.57. The van der Waals surface area contributed by atoms with Crippen molar-refractivity contribution in [3.8, 4) is 0 Å². The van der Waals surface area contributed by atoms with Crippen LogP contribution in [-0.4, -0.2) is 42.8 Å². The minimum absolute atomic E-state index is 0.0428. The van der Waals surface area contributed by atoms with Crippen molar-refractivity contribution < 1.29 is 9.53 Å². The third kappa shape index (κ3) is 1.42. The summed E-state index contributed by atoms with van der Waals surface area (Å²) in [5, 5.41) is 3.21. The Morgan fingerprint density at radius 3 is 3.38 bits per heavy atom. The second-order valence-corrected chi connectivity index (χ2v) is 3.42. The average molecular weight is 182 g/mol. The fraction of sp³-hybridized carbons (Fsp3) is 0.667. The molecule has 0 bridgehead atoms. The Balaban J connectivity index is 2.08. The maximum absolute atomic E-state index is 11.4. The highest BCUT2D eigenvalue weighted by molar-refractivity contribution is 5.71. The second kappa shape index (κ2) is 3.38. The Morgan fingerprint density at radius 2 is 2.62 bits per heavy atom. The zero-order chi connectivity index (χ0) is 9.26. The molecule has 2 atom stereocenters. The highest BCUT2D eigenvalue weighted by atomic mass is 16.6. The molecular formula is C9H14N2O2. The molecule has 0 aromatic rings. The predicted octanol–water partition coefficient (Wildman–Crippen LogP) is 0.355. The number of carbonyl (C=O) groups excluding carboxylic acids is 1. The van der Waals surface area contributed by atoms with Crippen molar-refractivity contribution in [2.75, 3.05) is 19.6 Å². The lowest BCUT2D eigenvalue weighted by Crippen LogP contribution is -2.47. The first-order chi connectivity index (χ1) is 6.33. The predicted molar refractivity (Wildman–Crippen MR) is 48.4 cm³/mol. The zero-order valence-electron chi connectivity index (χ0n) is 7.53. The molecule has 1 N–H and O–H groups in total. The van der Waals surface area contributed by atoms with Crippen molar-refractivity contribution in [1.29, 1.82) is 0 Å². The van der Waals surface area contributed by atoms with E-state index < -0.39 is 0 Å². The Kier molecular flexibility index (Phi) is 2.22. The summed E-state index contributed by atoms with van der Waals surface area (Å²) in [6.45, 7) is 5.97. The number of amides is 1. The number of hydrogen-bond donors (Lipinski definition) is 1. The van der Waals surface area contributed by atoms with E-state index in [1.165, 1.54) is 0 Å². The molecule has 4 heteroatoms. The fourth-order valence-corrected chi connectivity index (χ4v) is 1.97. The van der Waals surface area contributed by atoms with Gasteiger partial charge in [-0.15, -0.1) is 6.58 Å². The maximum atomic E-state index is 11.4. The first-order valence-corrected chi connectivity index (χ1v) is 4.62. The van der Waals surface area contributed by atoms with Crippen LogP contribution >= 0.6 is 0 Å². The van der Waals surface area contributed by atoms with E-state index in [4.69, 9.17) is 4.74 Å². The van der Waals surface area contributed by atoms with E-state index >= 15 is 0 Å². The van der Waals surface area contributed by atoms with Crippen molar-refractivity contribution in [3.63, 3.8) is 0 Å². The number of nitrogens with one attached hydrogen (secondary N) is 1. The molecule has 0 aromatic heterocycles. The topological polar surface area (TPSA) is 41.6 Å². The SMILES string of the molecule is C=CCN1C(=O)O[C@H]2CNCC[C@@H]21. The first kappa shape index (κ1) is 8.56. The monoisotopic (exact) mass is 182 g/mol. The summed E-state index contributed by atoms with van der Waals surface area (Å²) in [7, 11) is 0. The largest absolute Gasteiger partial charge is 0.443 e. The Bertz CT molecular complexity index is 230. The van der Waals surface area contributed by atoms with Gasteiger partial charge in [0, 0.05) is 13.1 Å². The van der Waals surface area contributed by atoms with Crippen LogP contribution in [0.3, 0.4) is 0 Å². The lowest BCUT2D eigenvalue weighted by Gasteiger charge is -2.27. The quantitative estimate of drug-likeness (QED) is 0.627. The number of carbonyl (C=O) groups is 1. The maximum Gasteiger partial charge on any atom is 0.410 e. The molecule has 2 rings (SSSR count). The molecule has 0 unspecified atom stereocenters. The minimum atomic E-state index is -0.196. The molecule has 0 aliphatic carbocycles. The van der Waals surface area contributed by atoms with Crippen molar-refractivity contribution in [2.24, 2.45) is 0 Å². The summed E-state index contributed by atoms with van der Waals surface area (Å²) in [6, 6.07) is 0.256. The Morgan fingerprint density at radius 1 is 1.77 bits per heavy atom. The van der Waals surface area contributed by atoms with Crippen LogP contribution in [0.5, 0.6) is 0 Å². The summed E-state index contributed by atoms with van der Waals surface area (Å²) >= 11 is 0. The van der Waals surface area contributed by atoms with E-state index in [9.17, 15) is 4.79 Å². The van der Waals surface area contributed by atoms with Gasteiger partial charge in [0.2, 0.25) is 0 Å². The number of rotatable bonds is 2. The normalized spacial score (nSPS) is 32.6. The van der Waals surface area contributed by atoms with Crippen molar-refractivity contribution in [2.45, 2.75) is 18.6 Å². The van der Waals surface area contributed by atoms with Gasteiger partial charge in [-0.2, -0.15) is 0 Å². The van der Waals surface area contributed by atoms with Gasteiger partial charge in [0.1, 0.15) is 6.10 Å². The smallest absolute Gasteiger partial charge is 0.410 e. The summed E-state index contributed by atoms with van der Waals surface area (Å²) in [4.78, 5) is 13.1. The minimum Gasteiger partial charge on any atom is -0.443 e. The van der Waals surface area contributed by atoms with Gasteiger partial charge in [-0.3, -0.25) is 4.90 Å². The second-order valence-electron chi connectivity index (χ2n) is 3.42. The van der Waals surface area contributed by atoms with Crippen molar-refractivity contribution >= 4 is 6.09 Å². The van der Waals surface area contributed by atoms with E-state index in [0.717, 1.165) is 19.5 Å². The molecule has 2 saturated heterocycles. The third-order valence-corrected chi connectivity index (χ3v) is 2.60. The average Bonchev–Trinajstić information content (AvgIpc) is 2.44. The van der Waals surface area contributed by atoms with Gasteiger partial charge in [-0.25, -0.2) is 4.79 Å². The Hall–Kier alpha value is -1.03. The van der Waals surface area contributed by atoms with Crippen LogP contribution in [0.4, 0.5) is 4.79 Å². The molecule has 0 spiro atoms. The molecule has 0 saturated carbocycles. The van der Waals surface area contributed by atoms with Gasteiger partial charge in [0.05, 0.1) is 6.04 Å². The molecule has 13 heavy (non-hydrogen) atoms. The van der Waals surface area contributed by atoms with Crippen LogP contribution in [0.1, 0.15) is 6.42 Å². The summed E-state index contributed by atoms with van der Waals surface area (Å²) in [5.74, 6) is 0. The number of ether oxygens (including phenoxy) is 1. The molecule has 2 fully saturated rings. The number of nitrogens with zero attached hydrogens (tertiary/aromatic N) is 1. The molecule has 1 amide bonds. The lowest BCUT2D eigenvalue weighted by atomic mass is 10.0. The zero-order valence-corrected chi connectivity index (χ0v) is 7.53. The summed E-state index contributed by atoms with van der Waals surface area (Å²) in [5.41, 5.74) is 0. The van der Waals surface area contributed by atoms with Crippen molar-refractivity contribution in [1.82, 2.24) is 10.2 Å². The molecule has 72 valence electrons. The van der Waals surface area contributed by atoms with Gasteiger partial charge >= 0.3 is 6.09 Å². The number of hydrogen-bond acceptors (Lipinski definition) is 3. The van der Waals surface area contributed by atoms with Gasteiger partial charge in [0.15, 0.2) is 0 Å². The summed E-state index contributed by atoms with van der Waals surface area (Å²) < 4.78 is 5.21. The van der Waals surface area contributed by atoms with Crippen LogP contribution in [-0.2, 0) is 4.74 Å². The standard InChI is InChI=1S/C9H14N2O2/c1-2-5-11-7-3-4-10-6-8(7)13-9(11)12/h2,7-8,10H,1,3-6H2/t7-,8-/m0/s1. The molecular weight excluding hydrogens is 168 g/mol. The molecule has 0 radical (unpaired) electrons. The highest BCUT2D eigenvalue weighted by Crippen LogP contribution is 2.23. The Labute approximate surface area is 77.5 Å². The van der Waals surface area contributed by atoms with Crippen LogP contribution < -0.4 is 5.32 Å². The molecule has 0 aromatic carbocycles. The molecule has 2 aliphatic heterocycles. The lowest BCUT2D eigenvalue weighted by molar-refractivity contribution is 0.121. The van der Waals surface area contributed by atoms with E-state index in [-0.39, 0.29) is 18.2 Å². The van der Waals surface area contributed by atoms with E-state index in [1.807, 2.05) is 0 Å². The molecule has 4 nitrogen and oxygen atoms in total. The van der Waals surface area contributed by atoms with Crippen LogP contribution in [0.15, 0.2) is 12.7 Å². The number of fused-ring (bicyclic) bond motifs is 1. The van der Waals surface area contributed by atoms with Gasteiger partial charge < -0.3 is 10.1 Å². The third-order valence-electron chi connectivity index (χ3n) is 2.60. The molecule has 2 heterocycles. The van der Waals surface area contributed by atoms with Crippen LogP contribution in [0, 0.1) is 0 Å². The number of piperidine rings is 1. The van der Waals surface area contributed by atoms with Gasteiger partial charge in [-0.1, -0.05) is 6.08 Å². The highest BCUT2D eigenvalue weighted by Gasteiger charge is 2.41. The fourth-order valence-electron chi connectivity index (χ4n) is 1.97. The van der Waals surface area contributed by atoms with Crippen LogP contribution in [0.25, 0.3) is 0 Å². The van der Waals surface area contributed by atoms with E-state index in [1.54, 1.807) is 11.0 Å². The van der Waals surface area contributed by atoms with Gasteiger partial charge in [-0.05, 0) is 13.0 Å². The van der Waals surface area contributed by atoms with E-state index in [0.29, 0.717) is 6.54 Å². The van der Waals surface area contributed by atoms with Crippen molar-refractivity contribution in [3.05, 3.63) is 12.7 Å².